The summed E-state index contributed by atoms with van der Waals surface area (Å²) in [6.07, 6.45) is 1.59. The summed E-state index contributed by atoms with van der Waals surface area (Å²) in [4.78, 5) is 10.8. The summed E-state index contributed by atoms with van der Waals surface area (Å²) in [5.41, 5.74) is 4.46. The zero-order valence-corrected chi connectivity index (χ0v) is 13.6. The highest BCUT2D eigenvalue weighted by Crippen LogP contribution is 2.37. The Hall–Kier alpha value is -3.22. The number of aromatic carboxylic acids is 1. The SMILES string of the molecule is COc1cc(/C=N\Nc2ccc(C(=O)O)cc2)cc(OC)c1OC. The summed E-state index contributed by atoms with van der Waals surface area (Å²) >= 11 is 0. The summed E-state index contributed by atoms with van der Waals surface area (Å²) in [7, 11) is 4.62. The molecule has 0 saturated carbocycles. The van der Waals surface area contributed by atoms with Crippen molar-refractivity contribution in [3.63, 3.8) is 0 Å². The minimum Gasteiger partial charge on any atom is -0.493 e. The summed E-state index contributed by atoms with van der Waals surface area (Å²) in [6.45, 7) is 0. The van der Waals surface area contributed by atoms with Crippen LogP contribution in [0.25, 0.3) is 0 Å². The molecule has 24 heavy (non-hydrogen) atoms. The van der Waals surface area contributed by atoms with E-state index >= 15 is 0 Å². The number of anilines is 1. The fourth-order valence-corrected chi connectivity index (χ4v) is 2.04. The van der Waals surface area contributed by atoms with Gasteiger partial charge < -0.3 is 19.3 Å². The Bertz CT molecular complexity index is 716. The molecule has 2 N–H and O–H groups in total. The normalized spacial score (nSPS) is 10.5. The molecule has 0 heterocycles. The molecule has 0 aliphatic rings. The zero-order chi connectivity index (χ0) is 17.5. The molecule has 0 aromatic heterocycles. The van der Waals surface area contributed by atoms with Crippen molar-refractivity contribution in [1.29, 1.82) is 0 Å². The van der Waals surface area contributed by atoms with Crippen LogP contribution in [0.4, 0.5) is 5.69 Å². The second-order valence-electron chi connectivity index (χ2n) is 4.71. The van der Waals surface area contributed by atoms with Crippen molar-refractivity contribution in [1.82, 2.24) is 0 Å². The summed E-state index contributed by atoms with van der Waals surface area (Å²) < 4.78 is 15.8. The van der Waals surface area contributed by atoms with Crippen LogP contribution in [-0.4, -0.2) is 38.6 Å². The number of hydrazone groups is 1. The third-order valence-corrected chi connectivity index (χ3v) is 3.23. The molecule has 126 valence electrons. The predicted octanol–water partition coefficient (Wildman–Crippen LogP) is 2.86. The number of nitrogens with one attached hydrogen (secondary N) is 1. The minimum absolute atomic E-state index is 0.217. The van der Waals surface area contributed by atoms with Crippen LogP contribution < -0.4 is 19.6 Å². The van der Waals surface area contributed by atoms with Gasteiger partial charge in [0.05, 0.1) is 38.8 Å². The van der Waals surface area contributed by atoms with Crippen LogP contribution in [0.1, 0.15) is 15.9 Å². The van der Waals surface area contributed by atoms with Gasteiger partial charge in [-0.05, 0) is 36.4 Å². The van der Waals surface area contributed by atoms with Crippen molar-refractivity contribution in [2.45, 2.75) is 0 Å². The predicted molar refractivity (Wildman–Crippen MR) is 90.7 cm³/mol. The number of hydrogen-bond donors (Lipinski definition) is 2. The van der Waals surface area contributed by atoms with Crippen molar-refractivity contribution in [3.8, 4) is 17.2 Å². The van der Waals surface area contributed by atoms with E-state index in [1.165, 1.54) is 19.2 Å². The first-order valence-corrected chi connectivity index (χ1v) is 7.01. The Balaban J connectivity index is 2.15. The minimum atomic E-state index is -0.970. The van der Waals surface area contributed by atoms with Crippen LogP contribution in [-0.2, 0) is 0 Å². The van der Waals surface area contributed by atoms with Gasteiger partial charge in [0.1, 0.15) is 0 Å². The fourth-order valence-electron chi connectivity index (χ4n) is 2.04. The molecule has 2 aromatic carbocycles. The van der Waals surface area contributed by atoms with Crippen molar-refractivity contribution in [2.75, 3.05) is 26.8 Å². The molecule has 2 aromatic rings. The summed E-state index contributed by atoms with van der Waals surface area (Å²) in [6, 6.07) is 9.80. The lowest BCUT2D eigenvalue weighted by Gasteiger charge is -2.12. The third kappa shape index (κ3) is 3.95. The summed E-state index contributed by atoms with van der Waals surface area (Å²) in [5.74, 6) is 0.602. The van der Waals surface area contributed by atoms with E-state index < -0.39 is 5.97 Å². The molecule has 0 saturated heterocycles. The van der Waals surface area contributed by atoms with Crippen molar-refractivity contribution in [3.05, 3.63) is 47.5 Å². The molecule has 7 heteroatoms. The number of benzene rings is 2. The number of hydrogen-bond acceptors (Lipinski definition) is 6. The van der Waals surface area contributed by atoms with E-state index in [1.807, 2.05) is 0 Å². The van der Waals surface area contributed by atoms with Crippen LogP contribution in [0.3, 0.4) is 0 Å². The summed E-state index contributed by atoms with van der Waals surface area (Å²) in [5, 5.41) is 13.0. The molecule has 0 radical (unpaired) electrons. The number of carboxylic acid groups (broad SMARTS) is 1. The zero-order valence-electron chi connectivity index (χ0n) is 13.6. The quantitative estimate of drug-likeness (QED) is 0.599. The average molecular weight is 330 g/mol. The number of carboxylic acids is 1. The third-order valence-electron chi connectivity index (χ3n) is 3.23. The van der Waals surface area contributed by atoms with E-state index in [-0.39, 0.29) is 5.56 Å². The highest BCUT2D eigenvalue weighted by Gasteiger charge is 2.12. The molecule has 0 bridgehead atoms. The number of nitrogens with zero attached hydrogens (tertiary/aromatic N) is 1. The van der Waals surface area contributed by atoms with Crippen LogP contribution in [0, 0.1) is 0 Å². The van der Waals surface area contributed by atoms with Gasteiger partial charge in [-0.2, -0.15) is 5.10 Å². The Morgan fingerprint density at radius 3 is 2.08 bits per heavy atom. The van der Waals surface area contributed by atoms with Gasteiger partial charge in [0.25, 0.3) is 0 Å². The van der Waals surface area contributed by atoms with E-state index in [0.29, 0.717) is 22.9 Å². The van der Waals surface area contributed by atoms with Gasteiger partial charge in [-0.25, -0.2) is 4.79 Å². The Morgan fingerprint density at radius 2 is 1.62 bits per heavy atom. The topological polar surface area (TPSA) is 89.4 Å². The first-order chi connectivity index (χ1) is 11.6. The van der Waals surface area contributed by atoms with Crippen LogP contribution in [0.2, 0.25) is 0 Å². The second-order valence-corrected chi connectivity index (χ2v) is 4.71. The largest absolute Gasteiger partial charge is 0.493 e. The van der Waals surface area contributed by atoms with Gasteiger partial charge in [-0.3, -0.25) is 5.43 Å². The van der Waals surface area contributed by atoms with Crippen LogP contribution in [0.15, 0.2) is 41.5 Å². The van der Waals surface area contributed by atoms with Gasteiger partial charge in [0, 0.05) is 5.56 Å². The average Bonchev–Trinajstić information content (AvgIpc) is 2.61. The number of methoxy groups -OCH3 is 3. The van der Waals surface area contributed by atoms with Crippen molar-refractivity contribution < 1.29 is 24.1 Å². The molecule has 0 unspecified atom stereocenters. The first-order valence-electron chi connectivity index (χ1n) is 7.01. The van der Waals surface area contributed by atoms with Gasteiger partial charge in [-0.15, -0.1) is 0 Å². The monoisotopic (exact) mass is 330 g/mol. The molecule has 0 fully saturated rings. The maximum absolute atomic E-state index is 10.8. The number of carbonyl (C=O) groups is 1. The van der Waals surface area contributed by atoms with Gasteiger partial charge in [0.15, 0.2) is 11.5 Å². The molecular weight excluding hydrogens is 312 g/mol. The van der Waals surface area contributed by atoms with E-state index in [2.05, 4.69) is 10.5 Å². The van der Waals surface area contributed by atoms with Crippen molar-refractivity contribution in [2.24, 2.45) is 5.10 Å². The highest BCUT2D eigenvalue weighted by molar-refractivity contribution is 5.88. The lowest BCUT2D eigenvalue weighted by Crippen LogP contribution is -1.98. The first kappa shape index (κ1) is 17.1. The van der Waals surface area contributed by atoms with E-state index in [0.717, 1.165) is 5.56 Å². The van der Waals surface area contributed by atoms with Crippen LogP contribution in [0.5, 0.6) is 17.2 Å². The van der Waals surface area contributed by atoms with Gasteiger partial charge in [-0.1, -0.05) is 0 Å². The lowest BCUT2D eigenvalue weighted by atomic mass is 10.2. The van der Waals surface area contributed by atoms with Crippen LogP contribution >= 0.6 is 0 Å². The Labute approximate surface area is 139 Å². The Kier molecular flexibility index (Phi) is 5.62. The van der Waals surface area contributed by atoms with E-state index in [4.69, 9.17) is 19.3 Å². The molecule has 2 rings (SSSR count). The highest BCUT2D eigenvalue weighted by atomic mass is 16.5. The lowest BCUT2D eigenvalue weighted by molar-refractivity contribution is 0.0697. The molecule has 0 atom stereocenters. The Morgan fingerprint density at radius 1 is 1.04 bits per heavy atom. The standard InChI is InChI=1S/C17H18N2O5/c1-22-14-8-11(9-15(23-2)16(14)24-3)10-18-19-13-6-4-12(5-7-13)17(20)21/h4-10,19H,1-3H3,(H,20,21)/b18-10-. The van der Waals surface area contributed by atoms with Crippen molar-refractivity contribution >= 4 is 17.9 Å². The second kappa shape index (κ2) is 7.87. The van der Waals surface area contributed by atoms with E-state index in [1.54, 1.807) is 44.7 Å². The van der Waals surface area contributed by atoms with Gasteiger partial charge in [0.2, 0.25) is 5.75 Å². The smallest absolute Gasteiger partial charge is 0.335 e. The molecule has 0 spiro atoms. The maximum atomic E-state index is 10.8. The molecule has 0 aliphatic heterocycles. The number of ether oxygens (including phenoxy) is 3. The molecule has 0 aliphatic carbocycles. The molecular formula is C17H18N2O5. The van der Waals surface area contributed by atoms with E-state index in [9.17, 15) is 4.79 Å². The fraction of sp³-hybridized carbons (Fsp3) is 0.176. The maximum Gasteiger partial charge on any atom is 0.335 e. The van der Waals surface area contributed by atoms with Gasteiger partial charge >= 0.3 is 5.97 Å². The molecule has 0 amide bonds. The number of rotatable bonds is 7. The molecule has 7 nitrogen and oxygen atoms in total.